The van der Waals surface area contributed by atoms with Gasteiger partial charge in [-0.1, -0.05) is 67.6 Å². The van der Waals surface area contributed by atoms with Crippen molar-refractivity contribution in [3.05, 3.63) is 71.8 Å². The molecule has 0 aliphatic carbocycles. The Kier molecular flexibility index (Phi) is 3.65. The minimum absolute atomic E-state index is 0.472. The van der Waals surface area contributed by atoms with Crippen molar-refractivity contribution in [3.8, 4) is 0 Å². The molecule has 0 unspecified atom stereocenters. The molecule has 1 aliphatic rings. The highest BCUT2D eigenvalue weighted by atomic mass is 15.0. The van der Waals surface area contributed by atoms with Crippen LogP contribution < -0.4 is 5.32 Å². The van der Waals surface area contributed by atoms with Gasteiger partial charge in [-0.3, -0.25) is 0 Å². The Bertz CT molecular complexity index is 506. The van der Waals surface area contributed by atoms with Gasteiger partial charge in [0.1, 0.15) is 0 Å². The van der Waals surface area contributed by atoms with E-state index < -0.39 is 0 Å². The standard InChI is InChI=1S/C18H21N/c1-14-12-13-17(15-8-4-2-5-9-15)19-18(14)16-10-6-3-7-11-16/h2-11,14,17-19H,12-13H2,1H3/t14-,17+,18-/m1/s1. The zero-order valence-electron chi connectivity index (χ0n) is 11.4. The van der Waals surface area contributed by atoms with Gasteiger partial charge in [-0.2, -0.15) is 0 Å². The van der Waals surface area contributed by atoms with Gasteiger partial charge >= 0.3 is 0 Å². The van der Waals surface area contributed by atoms with E-state index in [9.17, 15) is 0 Å². The first-order chi connectivity index (χ1) is 9.34. The molecule has 1 saturated heterocycles. The van der Waals surface area contributed by atoms with Crippen molar-refractivity contribution in [1.29, 1.82) is 0 Å². The molecule has 1 N–H and O–H groups in total. The summed E-state index contributed by atoms with van der Waals surface area (Å²) in [6, 6.07) is 22.6. The van der Waals surface area contributed by atoms with E-state index in [1.165, 1.54) is 24.0 Å². The van der Waals surface area contributed by atoms with Crippen LogP contribution in [0.5, 0.6) is 0 Å². The quantitative estimate of drug-likeness (QED) is 0.829. The van der Waals surface area contributed by atoms with E-state index in [-0.39, 0.29) is 0 Å². The molecule has 1 heteroatoms. The van der Waals surface area contributed by atoms with Crippen LogP contribution in [-0.2, 0) is 0 Å². The summed E-state index contributed by atoms with van der Waals surface area (Å²) in [6.07, 6.45) is 2.51. The highest BCUT2D eigenvalue weighted by Gasteiger charge is 2.28. The first-order valence-electron chi connectivity index (χ1n) is 7.20. The van der Waals surface area contributed by atoms with E-state index in [0.717, 1.165) is 0 Å². The van der Waals surface area contributed by atoms with Gasteiger partial charge in [0.05, 0.1) is 0 Å². The number of rotatable bonds is 2. The van der Waals surface area contributed by atoms with Crippen LogP contribution in [0, 0.1) is 5.92 Å². The Morgan fingerprint density at radius 1 is 0.789 bits per heavy atom. The summed E-state index contributed by atoms with van der Waals surface area (Å²) >= 11 is 0. The summed E-state index contributed by atoms with van der Waals surface area (Å²) in [5.74, 6) is 0.697. The molecule has 0 amide bonds. The Morgan fingerprint density at radius 2 is 1.37 bits per heavy atom. The molecule has 3 atom stereocenters. The summed E-state index contributed by atoms with van der Waals surface area (Å²) in [7, 11) is 0. The topological polar surface area (TPSA) is 12.0 Å². The molecule has 98 valence electrons. The van der Waals surface area contributed by atoms with Gasteiger partial charge in [0.2, 0.25) is 0 Å². The molecule has 19 heavy (non-hydrogen) atoms. The zero-order chi connectivity index (χ0) is 13.1. The molecule has 2 aromatic rings. The van der Waals surface area contributed by atoms with Crippen molar-refractivity contribution < 1.29 is 0 Å². The van der Waals surface area contributed by atoms with Gasteiger partial charge in [0, 0.05) is 12.1 Å². The first kappa shape index (κ1) is 12.4. The second kappa shape index (κ2) is 5.58. The van der Waals surface area contributed by atoms with Gasteiger partial charge in [-0.05, 0) is 29.9 Å². The third-order valence-corrected chi connectivity index (χ3v) is 4.22. The van der Waals surface area contributed by atoms with Crippen molar-refractivity contribution in [1.82, 2.24) is 5.32 Å². The smallest absolute Gasteiger partial charge is 0.0351 e. The third-order valence-electron chi connectivity index (χ3n) is 4.22. The molecule has 2 aromatic carbocycles. The minimum Gasteiger partial charge on any atom is -0.303 e. The lowest BCUT2D eigenvalue weighted by molar-refractivity contribution is 0.249. The van der Waals surface area contributed by atoms with E-state index in [2.05, 4.69) is 72.9 Å². The van der Waals surface area contributed by atoms with E-state index in [1.54, 1.807) is 0 Å². The van der Waals surface area contributed by atoms with Crippen molar-refractivity contribution in [2.45, 2.75) is 31.8 Å². The Balaban J connectivity index is 1.82. The van der Waals surface area contributed by atoms with E-state index >= 15 is 0 Å². The van der Waals surface area contributed by atoms with Gasteiger partial charge in [0.25, 0.3) is 0 Å². The van der Waals surface area contributed by atoms with E-state index in [0.29, 0.717) is 18.0 Å². The van der Waals surface area contributed by atoms with Gasteiger partial charge in [0.15, 0.2) is 0 Å². The highest BCUT2D eigenvalue weighted by Crippen LogP contribution is 2.36. The van der Waals surface area contributed by atoms with Gasteiger partial charge < -0.3 is 5.32 Å². The van der Waals surface area contributed by atoms with Crippen molar-refractivity contribution in [2.75, 3.05) is 0 Å². The number of benzene rings is 2. The summed E-state index contributed by atoms with van der Waals surface area (Å²) in [6.45, 7) is 2.35. The minimum atomic E-state index is 0.472. The molecule has 1 heterocycles. The summed E-state index contributed by atoms with van der Waals surface area (Å²) in [5.41, 5.74) is 2.82. The first-order valence-corrected chi connectivity index (χ1v) is 7.20. The largest absolute Gasteiger partial charge is 0.303 e. The maximum atomic E-state index is 3.84. The fraction of sp³-hybridized carbons (Fsp3) is 0.333. The molecule has 0 saturated carbocycles. The average molecular weight is 251 g/mol. The van der Waals surface area contributed by atoms with Crippen LogP contribution in [0.25, 0.3) is 0 Å². The summed E-state index contributed by atoms with van der Waals surface area (Å²) in [5, 5.41) is 3.84. The monoisotopic (exact) mass is 251 g/mol. The lowest BCUT2D eigenvalue weighted by Crippen LogP contribution is -2.35. The number of hydrogen-bond acceptors (Lipinski definition) is 1. The number of hydrogen-bond donors (Lipinski definition) is 1. The highest BCUT2D eigenvalue weighted by molar-refractivity contribution is 5.24. The predicted octanol–water partition coefficient (Wildman–Crippen LogP) is 4.49. The lowest BCUT2D eigenvalue weighted by Gasteiger charge is -2.36. The van der Waals surface area contributed by atoms with Gasteiger partial charge in [-0.15, -0.1) is 0 Å². The maximum absolute atomic E-state index is 3.84. The lowest BCUT2D eigenvalue weighted by atomic mass is 9.83. The van der Waals surface area contributed by atoms with Gasteiger partial charge in [-0.25, -0.2) is 0 Å². The Labute approximate surface area is 115 Å². The molecule has 3 rings (SSSR count). The average Bonchev–Trinajstić information content (AvgIpc) is 2.49. The van der Waals surface area contributed by atoms with Crippen LogP contribution in [-0.4, -0.2) is 0 Å². The maximum Gasteiger partial charge on any atom is 0.0351 e. The molecule has 0 radical (unpaired) electrons. The van der Waals surface area contributed by atoms with Crippen LogP contribution >= 0.6 is 0 Å². The molecule has 0 aromatic heterocycles. The third kappa shape index (κ3) is 2.71. The Hall–Kier alpha value is -1.60. The molecule has 0 spiro atoms. The van der Waals surface area contributed by atoms with Crippen LogP contribution in [0.3, 0.4) is 0 Å². The van der Waals surface area contributed by atoms with E-state index in [1.807, 2.05) is 0 Å². The molecule has 1 aliphatic heterocycles. The predicted molar refractivity (Wildman–Crippen MR) is 79.9 cm³/mol. The van der Waals surface area contributed by atoms with Crippen LogP contribution in [0.1, 0.15) is 43.0 Å². The number of nitrogens with one attached hydrogen (secondary N) is 1. The summed E-state index contributed by atoms with van der Waals surface area (Å²) < 4.78 is 0. The fourth-order valence-electron chi connectivity index (χ4n) is 3.09. The van der Waals surface area contributed by atoms with Crippen LogP contribution in [0.15, 0.2) is 60.7 Å². The second-order valence-electron chi connectivity index (χ2n) is 5.57. The van der Waals surface area contributed by atoms with Crippen LogP contribution in [0.2, 0.25) is 0 Å². The van der Waals surface area contributed by atoms with Crippen molar-refractivity contribution in [2.24, 2.45) is 5.92 Å². The SMILES string of the molecule is C[C@@H]1CC[C@@H](c2ccccc2)N[C@H]1c1ccccc1. The van der Waals surface area contributed by atoms with Crippen LogP contribution in [0.4, 0.5) is 0 Å². The van der Waals surface area contributed by atoms with E-state index in [4.69, 9.17) is 0 Å². The molecular formula is C18H21N. The molecular weight excluding hydrogens is 230 g/mol. The van der Waals surface area contributed by atoms with Crippen molar-refractivity contribution >= 4 is 0 Å². The number of piperidine rings is 1. The Morgan fingerprint density at radius 3 is 2.00 bits per heavy atom. The molecule has 0 bridgehead atoms. The normalized spacial score (nSPS) is 27.1. The fourth-order valence-corrected chi connectivity index (χ4v) is 3.09. The zero-order valence-corrected chi connectivity index (χ0v) is 11.4. The van der Waals surface area contributed by atoms with Crippen molar-refractivity contribution in [3.63, 3.8) is 0 Å². The second-order valence-corrected chi connectivity index (χ2v) is 5.57. The summed E-state index contributed by atoms with van der Waals surface area (Å²) in [4.78, 5) is 0. The molecule has 1 nitrogen and oxygen atoms in total. The molecule has 1 fully saturated rings.